The lowest BCUT2D eigenvalue weighted by atomic mass is 10.1. The maximum Gasteiger partial charge on any atom is 0.260 e. The number of para-hydroxylation sites is 1. The van der Waals surface area contributed by atoms with Crippen LogP contribution in [0.1, 0.15) is 22.8 Å². The monoisotopic (exact) mass is 336 g/mol. The summed E-state index contributed by atoms with van der Waals surface area (Å²) in [7, 11) is 2.14. The van der Waals surface area contributed by atoms with E-state index >= 15 is 0 Å². The van der Waals surface area contributed by atoms with Crippen LogP contribution in [0.5, 0.6) is 0 Å². The number of benzene rings is 1. The fourth-order valence-electron chi connectivity index (χ4n) is 3.80. The normalized spacial score (nSPS) is 20.6. The van der Waals surface area contributed by atoms with Crippen molar-refractivity contribution >= 4 is 17.3 Å². The van der Waals surface area contributed by atoms with Gasteiger partial charge < -0.3 is 14.7 Å². The Hall–Kier alpha value is -2.40. The van der Waals surface area contributed by atoms with Crippen LogP contribution in [0.15, 0.2) is 42.7 Å². The molecule has 4 rings (SSSR count). The zero-order chi connectivity index (χ0) is 17.4. The van der Waals surface area contributed by atoms with Gasteiger partial charge in [-0.3, -0.25) is 9.78 Å². The molecule has 1 fully saturated rings. The van der Waals surface area contributed by atoms with Gasteiger partial charge in [0.05, 0.1) is 17.4 Å². The Morgan fingerprint density at radius 3 is 2.68 bits per heavy atom. The SMILES string of the molecule is CC1Cc2ccccc2N1C(=O)c1cncc(N2CCN(C)CC2)c1. The van der Waals surface area contributed by atoms with Crippen molar-refractivity contribution in [3.8, 4) is 0 Å². The lowest BCUT2D eigenvalue weighted by Crippen LogP contribution is -2.44. The summed E-state index contributed by atoms with van der Waals surface area (Å²) in [6, 6.07) is 10.4. The van der Waals surface area contributed by atoms with Gasteiger partial charge in [-0.25, -0.2) is 0 Å². The molecule has 0 radical (unpaired) electrons. The van der Waals surface area contributed by atoms with Crippen LogP contribution in [-0.2, 0) is 6.42 Å². The predicted molar refractivity (Wildman–Crippen MR) is 100 cm³/mol. The van der Waals surface area contributed by atoms with Gasteiger partial charge in [-0.05, 0) is 38.1 Å². The second-order valence-electron chi connectivity index (χ2n) is 7.08. The van der Waals surface area contributed by atoms with E-state index in [1.807, 2.05) is 35.4 Å². The summed E-state index contributed by atoms with van der Waals surface area (Å²) in [5, 5.41) is 0. The second kappa shape index (κ2) is 6.48. The smallest absolute Gasteiger partial charge is 0.260 e. The molecule has 1 amide bonds. The lowest BCUT2D eigenvalue weighted by molar-refractivity contribution is 0.0981. The van der Waals surface area contributed by atoms with Crippen molar-refractivity contribution in [1.82, 2.24) is 9.88 Å². The highest BCUT2D eigenvalue weighted by atomic mass is 16.2. The molecule has 1 aromatic carbocycles. The molecule has 1 unspecified atom stereocenters. The highest BCUT2D eigenvalue weighted by Gasteiger charge is 2.31. The first-order valence-corrected chi connectivity index (χ1v) is 8.93. The number of carbonyl (C=O) groups is 1. The Bertz CT molecular complexity index is 783. The number of amides is 1. The summed E-state index contributed by atoms with van der Waals surface area (Å²) in [5.41, 5.74) is 3.98. The van der Waals surface area contributed by atoms with Gasteiger partial charge in [-0.2, -0.15) is 0 Å². The molecule has 2 aromatic rings. The highest BCUT2D eigenvalue weighted by molar-refractivity contribution is 6.08. The van der Waals surface area contributed by atoms with E-state index in [1.165, 1.54) is 5.56 Å². The maximum atomic E-state index is 13.2. The molecule has 0 spiro atoms. The molecule has 0 aliphatic carbocycles. The Morgan fingerprint density at radius 1 is 1.12 bits per heavy atom. The van der Waals surface area contributed by atoms with Gasteiger partial charge in [0.2, 0.25) is 0 Å². The Labute approximate surface area is 148 Å². The van der Waals surface area contributed by atoms with E-state index in [4.69, 9.17) is 0 Å². The maximum absolute atomic E-state index is 13.2. The summed E-state index contributed by atoms with van der Waals surface area (Å²) < 4.78 is 0. The molecule has 1 atom stereocenters. The molecule has 2 aliphatic heterocycles. The van der Waals surface area contributed by atoms with Crippen molar-refractivity contribution in [2.45, 2.75) is 19.4 Å². The summed E-state index contributed by atoms with van der Waals surface area (Å²) in [6.07, 6.45) is 4.46. The van der Waals surface area contributed by atoms with Gasteiger partial charge >= 0.3 is 0 Å². The minimum absolute atomic E-state index is 0.0425. The molecular formula is C20H24N4O. The van der Waals surface area contributed by atoms with Crippen LogP contribution in [0.4, 0.5) is 11.4 Å². The number of fused-ring (bicyclic) bond motifs is 1. The zero-order valence-corrected chi connectivity index (χ0v) is 14.9. The quantitative estimate of drug-likeness (QED) is 0.844. The third-order valence-corrected chi connectivity index (χ3v) is 5.27. The molecule has 2 aliphatic rings. The van der Waals surface area contributed by atoms with Crippen LogP contribution >= 0.6 is 0 Å². The van der Waals surface area contributed by atoms with Crippen molar-refractivity contribution in [2.24, 2.45) is 0 Å². The number of piperazine rings is 1. The van der Waals surface area contributed by atoms with Crippen LogP contribution in [0.25, 0.3) is 0 Å². The fourth-order valence-corrected chi connectivity index (χ4v) is 3.80. The minimum atomic E-state index is 0.0425. The van der Waals surface area contributed by atoms with Crippen LogP contribution in [0, 0.1) is 0 Å². The van der Waals surface area contributed by atoms with Gasteiger partial charge in [0.25, 0.3) is 5.91 Å². The lowest BCUT2D eigenvalue weighted by Gasteiger charge is -2.34. The first kappa shape index (κ1) is 16.1. The van der Waals surface area contributed by atoms with Crippen molar-refractivity contribution in [3.63, 3.8) is 0 Å². The summed E-state index contributed by atoms with van der Waals surface area (Å²) in [4.78, 5) is 24.1. The third-order valence-electron chi connectivity index (χ3n) is 5.27. The minimum Gasteiger partial charge on any atom is -0.368 e. The summed E-state index contributed by atoms with van der Waals surface area (Å²) >= 11 is 0. The Kier molecular flexibility index (Phi) is 4.17. The number of nitrogens with zero attached hydrogens (tertiary/aromatic N) is 4. The van der Waals surface area contributed by atoms with Crippen LogP contribution in [0.2, 0.25) is 0 Å². The standard InChI is InChI=1S/C20H24N4O/c1-15-11-16-5-3-4-6-19(16)24(15)20(25)17-12-18(14-21-13-17)23-9-7-22(2)8-10-23/h3-6,12-15H,7-11H2,1-2H3. The Balaban J connectivity index is 1.60. The Morgan fingerprint density at radius 2 is 1.88 bits per heavy atom. The number of pyridine rings is 1. The van der Waals surface area contributed by atoms with Crippen molar-refractivity contribution < 1.29 is 4.79 Å². The van der Waals surface area contributed by atoms with Crippen LogP contribution < -0.4 is 9.80 Å². The molecule has 1 saturated heterocycles. The van der Waals surface area contributed by atoms with Crippen molar-refractivity contribution in [3.05, 3.63) is 53.9 Å². The predicted octanol–water partition coefficient (Wildman–Crippen LogP) is 2.42. The van der Waals surface area contributed by atoms with Crippen LogP contribution in [0.3, 0.4) is 0 Å². The fraction of sp³-hybridized carbons (Fsp3) is 0.400. The highest BCUT2D eigenvalue weighted by Crippen LogP contribution is 2.33. The van der Waals surface area contributed by atoms with Gasteiger partial charge in [0.1, 0.15) is 0 Å². The molecule has 25 heavy (non-hydrogen) atoms. The van der Waals surface area contributed by atoms with E-state index in [0.29, 0.717) is 5.56 Å². The van der Waals surface area contributed by atoms with Gasteiger partial charge in [0, 0.05) is 44.1 Å². The number of rotatable bonds is 2. The first-order valence-electron chi connectivity index (χ1n) is 8.93. The molecule has 1 aromatic heterocycles. The van der Waals surface area contributed by atoms with Crippen LogP contribution in [-0.4, -0.2) is 55.1 Å². The van der Waals surface area contributed by atoms with E-state index < -0.39 is 0 Å². The molecule has 0 N–H and O–H groups in total. The van der Waals surface area contributed by atoms with Crippen molar-refractivity contribution in [1.29, 1.82) is 0 Å². The summed E-state index contributed by atoms with van der Waals surface area (Å²) in [6.45, 7) is 6.12. The molecule has 5 heteroatoms. The van der Waals surface area contributed by atoms with E-state index in [0.717, 1.165) is 44.0 Å². The zero-order valence-electron chi connectivity index (χ0n) is 14.9. The molecular weight excluding hydrogens is 312 g/mol. The topological polar surface area (TPSA) is 39.7 Å². The first-order chi connectivity index (χ1) is 12.1. The number of aromatic nitrogens is 1. The molecule has 0 saturated carbocycles. The summed E-state index contributed by atoms with van der Waals surface area (Å²) in [5.74, 6) is 0.0425. The largest absolute Gasteiger partial charge is 0.368 e. The van der Waals surface area contributed by atoms with E-state index in [-0.39, 0.29) is 11.9 Å². The third kappa shape index (κ3) is 3.00. The van der Waals surface area contributed by atoms with E-state index in [9.17, 15) is 4.79 Å². The number of anilines is 2. The van der Waals surface area contributed by atoms with Crippen molar-refractivity contribution in [2.75, 3.05) is 43.0 Å². The van der Waals surface area contributed by atoms with Gasteiger partial charge in [-0.1, -0.05) is 18.2 Å². The molecule has 0 bridgehead atoms. The van der Waals surface area contributed by atoms with E-state index in [1.54, 1.807) is 6.20 Å². The van der Waals surface area contributed by atoms with E-state index in [2.05, 4.69) is 34.8 Å². The number of carbonyl (C=O) groups excluding carboxylic acids is 1. The van der Waals surface area contributed by atoms with Gasteiger partial charge in [-0.15, -0.1) is 0 Å². The average molecular weight is 336 g/mol. The number of hydrogen-bond acceptors (Lipinski definition) is 4. The molecule has 5 nitrogen and oxygen atoms in total. The number of likely N-dealkylation sites (N-methyl/N-ethyl adjacent to an activating group) is 1. The molecule has 130 valence electrons. The second-order valence-corrected chi connectivity index (χ2v) is 7.08. The number of hydrogen-bond donors (Lipinski definition) is 0. The van der Waals surface area contributed by atoms with Gasteiger partial charge in [0.15, 0.2) is 0 Å². The molecule has 3 heterocycles. The average Bonchev–Trinajstić information content (AvgIpc) is 2.97.